The summed E-state index contributed by atoms with van der Waals surface area (Å²) in [5, 5.41) is 11.4. The van der Waals surface area contributed by atoms with Crippen molar-refractivity contribution in [3.8, 4) is 23.0 Å². The van der Waals surface area contributed by atoms with Crippen LogP contribution in [0.5, 0.6) is 0 Å². The fraction of sp³-hybridized carbons (Fsp3) is 0.120. The average Bonchev–Trinajstić information content (AvgIpc) is 3.09. The second kappa shape index (κ2) is 8.72. The van der Waals surface area contributed by atoms with Crippen LogP contribution in [0.2, 0.25) is 0 Å². The van der Waals surface area contributed by atoms with Gasteiger partial charge in [-0.05, 0) is 40.5 Å². The Morgan fingerprint density at radius 1 is 1.00 bits per heavy atom. The maximum absolute atomic E-state index is 13.7. The Kier molecular flexibility index (Phi) is 5.67. The van der Waals surface area contributed by atoms with Crippen LogP contribution in [0.25, 0.3) is 11.1 Å². The summed E-state index contributed by atoms with van der Waals surface area (Å²) in [4.78, 5) is 22.9. The highest BCUT2D eigenvalue weighted by molar-refractivity contribution is 5.88. The number of hydrogen-bond acceptors (Lipinski definition) is 3. The van der Waals surface area contributed by atoms with Crippen LogP contribution < -0.4 is 5.32 Å². The first-order valence-corrected chi connectivity index (χ1v) is 9.65. The normalized spacial score (nSPS) is 11.6. The van der Waals surface area contributed by atoms with Crippen molar-refractivity contribution in [2.75, 3.05) is 13.2 Å². The third kappa shape index (κ3) is 4.26. The van der Waals surface area contributed by atoms with E-state index in [0.29, 0.717) is 5.56 Å². The van der Waals surface area contributed by atoms with Gasteiger partial charge in [-0.15, -0.1) is 0 Å². The quantitative estimate of drug-likeness (QED) is 0.619. The second-order valence-corrected chi connectivity index (χ2v) is 6.98. The highest BCUT2D eigenvalue weighted by Crippen LogP contribution is 2.44. The molecule has 0 saturated heterocycles. The predicted octanol–water partition coefficient (Wildman–Crippen LogP) is 4.41. The molecule has 0 bridgehead atoms. The minimum absolute atomic E-state index is 0.0129. The van der Waals surface area contributed by atoms with Gasteiger partial charge in [-0.3, -0.25) is 0 Å². The number of carbonyl (C=O) groups is 2. The van der Waals surface area contributed by atoms with Crippen molar-refractivity contribution in [3.63, 3.8) is 0 Å². The molecule has 3 aromatic rings. The number of rotatable bonds is 4. The van der Waals surface area contributed by atoms with Gasteiger partial charge in [-0.1, -0.05) is 60.4 Å². The van der Waals surface area contributed by atoms with Crippen molar-refractivity contribution in [1.29, 1.82) is 0 Å². The summed E-state index contributed by atoms with van der Waals surface area (Å²) in [6, 6.07) is 19.8. The van der Waals surface area contributed by atoms with E-state index in [1.807, 2.05) is 36.4 Å². The third-order valence-electron chi connectivity index (χ3n) is 5.10. The molecule has 1 aliphatic rings. The Morgan fingerprint density at radius 2 is 1.65 bits per heavy atom. The molecule has 0 heterocycles. The smallest absolute Gasteiger partial charge is 0.407 e. The molecule has 0 aliphatic heterocycles. The van der Waals surface area contributed by atoms with Crippen LogP contribution in [0.15, 0.2) is 66.7 Å². The topological polar surface area (TPSA) is 75.6 Å². The highest BCUT2D eigenvalue weighted by atomic mass is 19.1. The van der Waals surface area contributed by atoms with Crippen LogP contribution in [0, 0.1) is 17.7 Å². The number of carbonyl (C=O) groups excluding carboxylic acids is 1. The average molecular weight is 415 g/mol. The Bertz CT molecular complexity index is 1180. The molecule has 6 heteroatoms. The summed E-state index contributed by atoms with van der Waals surface area (Å²) in [7, 11) is 0. The Labute approximate surface area is 178 Å². The number of fused-ring (bicyclic) bond motifs is 3. The van der Waals surface area contributed by atoms with Crippen molar-refractivity contribution >= 4 is 12.1 Å². The van der Waals surface area contributed by atoms with Crippen molar-refractivity contribution < 1.29 is 23.8 Å². The van der Waals surface area contributed by atoms with Crippen molar-refractivity contribution in [1.82, 2.24) is 5.32 Å². The van der Waals surface area contributed by atoms with Crippen LogP contribution in [-0.2, 0) is 4.74 Å². The highest BCUT2D eigenvalue weighted by Gasteiger charge is 2.28. The summed E-state index contributed by atoms with van der Waals surface area (Å²) in [5.41, 5.74) is 4.46. The van der Waals surface area contributed by atoms with E-state index in [2.05, 4.69) is 29.3 Å². The van der Waals surface area contributed by atoms with Crippen LogP contribution in [-0.4, -0.2) is 30.3 Å². The summed E-state index contributed by atoms with van der Waals surface area (Å²) in [5.74, 6) is 3.14. The van der Waals surface area contributed by atoms with E-state index in [9.17, 15) is 14.0 Å². The molecule has 0 atom stereocenters. The predicted molar refractivity (Wildman–Crippen MR) is 113 cm³/mol. The third-order valence-corrected chi connectivity index (χ3v) is 5.10. The van der Waals surface area contributed by atoms with Crippen LogP contribution in [0.1, 0.15) is 33.0 Å². The second-order valence-electron chi connectivity index (χ2n) is 6.98. The number of benzene rings is 3. The Morgan fingerprint density at radius 3 is 2.26 bits per heavy atom. The number of alkyl carbamates (subject to hydrolysis) is 1. The number of aromatic carboxylic acids is 1. The fourth-order valence-corrected chi connectivity index (χ4v) is 3.68. The number of carboxylic acid groups (broad SMARTS) is 1. The Balaban J connectivity index is 1.34. The van der Waals surface area contributed by atoms with Gasteiger partial charge in [0.05, 0.1) is 12.1 Å². The van der Waals surface area contributed by atoms with Crippen molar-refractivity contribution in [3.05, 3.63) is 94.8 Å². The van der Waals surface area contributed by atoms with E-state index in [4.69, 9.17) is 9.84 Å². The number of amides is 1. The lowest BCUT2D eigenvalue weighted by atomic mass is 9.98. The zero-order valence-electron chi connectivity index (χ0n) is 16.4. The van der Waals surface area contributed by atoms with E-state index in [1.165, 1.54) is 6.07 Å². The zero-order chi connectivity index (χ0) is 21.8. The minimum Gasteiger partial charge on any atom is -0.478 e. The van der Waals surface area contributed by atoms with Gasteiger partial charge in [0.15, 0.2) is 0 Å². The van der Waals surface area contributed by atoms with Gasteiger partial charge < -0.3 is 15.2 Å². The monoisotopic (exact) mass is 415 g/mol. The first-order valence-electron chi connectivity index (χ1n) is 9.65. The molecule has 5 nitrogen and oxygen atoms in total. The summed E-state index contributed by atoms with van der Waals surface area (Å²) in [6.45, 7) is 0.216. The SMILES string of the molecule is O=C(NCC#Cc1ccc(C(=O)O)c(F)c1)OCC1c2ccccc2-c2ccccc21. The molecule has 1 aliphatic carbocycles. The lowest BCUT2D eigenvalue weighted by Gasteiger charge is -2.14. The van der Waals surface area contributed by atoms with E-state index < -0.39 is 23.4 Å². The van der Waals surface area contributed by atoms with Gasteiger partial charge in [0.2, 0.25) is 0 Å². The van der Waals surface area contributed by atoms with Crippen molar-refractivity contribution in [2.24, 2.45) is 0 Å². The van der Waals surface area contributed by atoms with Gasteiger partial charge in [-0.25, -0.2) is 14.0 Å². The van der Waals surface area contributed by atoms with Crippen molar-refractivity contribution in [2.45, 2.75) is 5.92 Å². The molecule has 0 fully saturated rings. The van der Waals surface area contributed by atoms with Crippen LogP contribution >= 0.6 is 0 Å². The molecule has 4 rings (SSSR count). The summed E-state index contributed by atoms with van der Waals surface area (Å²) in [6.07, 6.45) is -0.594. The molecular formula is C25H18FNO4. The standard InChI is InChI=1S/C25H18FNO4/c26-23-14-16(11-12-21(23)24(28)29)6-5-13-27-25(30)31-15-22-19-9-3-1-7-17(19)18-8-2-4-10-20(18)22/h1-4,7-12,14,22H,13,15H2,(H,27,30)(H,28,29). The lowest BCUT2D eigenvalue weighted by molar-refractivity contribution is 0.0691. The fourth-order valence-electron chi connectivity index (χ4n) is 3.68. The van der Waals surface area contributed by atoms with E-state index in [-0.39, 0.29) is 19.1 Å². The molecule has 154 valence electrons. The van der Waals surface area contributed by atoms with Crippen LogP contribution in [0.4, 0.5) is 9.18 Å². The molecule has 0 aromatic heterocycles. The number of ether oxygens (including phenoxy) is 1. The Hall–Kier alpha value is -4.11. The van der Waals surface area contributed by atoms with E-state index in [0.717, 1.165) is 34.4 Å². The minimum atomic E-state index is -1.34. The molecule has 3 aromatic carbocycles. The van der Waals surface area contributed by atoms with E-state index in [1.54, 1.807) is 0 Å². The summed E-state index contributed by atoms with van der Waals surface area (Å²) < 4.78 is 19.1. The van der Waals surface area contributed by atoms with Gasteiger partial charge in [0.1, 0.15) is 12.4 Å². The van der Waals surface area contributed by atoms with Crippen LogP contribution in [0.3, 0.4) is 0 Å². The number of carboxylic acids is 1. The largest absolute Gasteiger partial charge is 0.478 e. The number of halogens is 1. The molecule has 0 saturated carbocycles. The first kappa shape index (κ1) is 20.2. The molecular weight excluding hydrogens is 397 g/mol. The maximum Gasteiger partial charge on any atom is 0.407 e. The molecule has 0 radical (unpaired) electrons. The van der Waals surface area contributed by atoms with Gasteiger partial charge in [-0.2, -0.15) is 0 Å². The molecule has 2 N–H and O–H groups in total. The number of hydrogen-bond donors (Lipinski definition) is 2. The number of nitrogens with one attached hydrogen (secondary N) is 1. The molecule has 0 spiro atoms. The van der Waals surface area contributed by atoms with Gasteiger partial charge >= 0.3 is 12.1 Å². The molecule has 1 amide bonds. The molecule has 0 unspecified atom stereocenters. The molecule has 31 heavy (non-hydrogen) atoms. The summed E-state index contributed by atoms with van der Waals surface area (Å²) >= 11 is 0. The van der Waals surface area contributed by atoms with Gasteiger partial charge in [0.25, 0.3) is 0 Å². The van der Waals surface area contributed by atoms with E-state index >= 15 is 0 Å². The van der Waals surface area contributed by atoms with Gasteiger partial charge in [0, 0.05) is 11.5 Å². The zero-order valence-corrected chi connectivity index (χ0v) is 16.4. The first-order chi connectivity index (χ1) is 15.0. The lowest BCUT2D eigenvalue weighted by Crippen LogP contribution is -2.26. The maximum atomic E-state index is 13.7.